The summed E-state index contributed by atoms with van der Waals surface area (Å²) in [5, 5.41) is 17.4. The van der Waals surface area contributed by atoms with Crippen molar-refractivity contribution in [2.45, 2.75) is 0 Å². The van der Waals surface area contributed by atoms with Crippen LogP contribution in [0.1, 0.15) is 0 Å². The fourth-order valence-electron chi connectivity index (χ4n) is 3.41. The van der Waals surface area contributed by atoms with Crippen LogP contribution in [0.3, 0.4) is 0 Å². The van der Waals surface area contributed by atoms with Gasteiger partial charge in [-0.15, -0.1) is 4.91 Å². The summed E-state index contributed by atoms with van der Waals surface area (Å²) >= 11 is 6.12. The molecule has 0 saturated carbocycles. The fourth-order valence-corrected chi connectivity index (χ4v) is 3.61. The van der Waals surface area contributed by atoms with Gasteiger partial charge in [-0.2, -0.15) is 10.1 Å². The molecule has 0 fully saturated rings. The first-order valence-corrected chi connectivity index (χ1v) is 10.8. The third-order valence-corrected chi connectivity index (χ3v) is 5.21. The maximum Gasteiger partial charge on any atom is 0.229 e. The van der Waals surface area contributed by atoms with Crippen molar-refractivity contribution in [2.75, 3.05) is 10.6 Å². The highest BCUT2D eigenvalue weighted by atomic mass is 35.5. The van der Waals surface area contributed by atoms with Crippen molar-refractivity contribution in [1.29, 1.82) is 0 Å². The molecule has 5 rings (SSSR count). The Morgan fingerprint density at radius 2 is 1.59 bits per heavy atom. The Morgan fingerprint density at radius 1 is 0.765 bits per heavy atom. The maximum atomic E-state index is 11.0. The van der Waals surface area contributed by atoms with Gasteiger partial charge in [0.2, 0.25) is 5.95 Å². The molecule has 0 radical (unpaired) electrons. The highest BCUT2D eigenvalue weighted by Gasteiger charge is 2.11. The van der Waals surface area contributed by atoms with Gasteiger partial charge < -0.3 is 10.6 Å². The molecule has 34 heavy (non-hydrogen) atoms. The van der Waals surface area contributed by atoms with Crippen LogP contribution >= 0.6 is 11.6 Å². The van der Waals surface area contributed by atoms with Crippen LogP contribution in [0.15, 0.2) is 96.2 Å². The Bertz CT molecular complexity index is 1450. The van der Waals surface area contributed by atoms with Crippen LogP contribution in [-0.4, -0.2) is 20.2 Å². The number of nitrogens with one attached hydrogen (secondary N) is 3. The fraction of sp³-hybridized carbons (Fsp3) is 0. The van der Waals surface area contributed by atoms with Gasteiger partial charge in [0.1, 0.15) is 11.5 Å². The summed E-state index contributed by atoms with van der Waals surface area (Å²) in [5.74, 6) is 1.47. The number of hydrogen-bond acceptors (Lipinski definition) is 7. The van der Waals surface area contributed by atoms with Gasteiger partial charge in [0.15, 0.2) is 5.82 Å². The Morgan fingerprint density at radius 3 is 2.41 bits per heavy atom. The topological polar surface area (TPSA) is 108 Å². The second-order valence-electron chi connectivity index (χ2n) is 7.40. The molecule has 0 spiro atoms. The van der Waals surface area contributed by atoms with E-state index in [-0.39, 0.29) is 0 Å². The zero-order chi connectivity index (χ0) is 23.3. The smallest absolute Gasteiger partial charge is 0.229 e. The van der Waals surface area contributed by atoms with Crippen LogP contribution in [0, 0.1) is 4.91 Å². The van der Waals surface area contributed by atoms with Gasteiger partial charge in [0.25, 0.3) is 0 Å². The molecule has 5 aromatic rings. The lowest BCUT2D eigenvalue weighted by Crippen LogP contribution is -2.02. The van der Waals surface area contributed by atoms with Crippen molar-refractivity contribution in [1.82, 2.24) is 20.2 Å². The standard InChI is InChI=1S/C25H18ClN7O/c26-18-9-5-10-19(13-18)27-25-28-21(17-8-4-11-20(12-17)33-34)14-23(30-25)29-24-15-22(31-32-24)16-6-2-1-3-7-16/h1-15H,(H3,27,28,29,30,31,32). The van der Waals surface area contributed by atoms with E-state index in [9.17, 15) is 4.91 Å². The number of aromatic amines is 1. The minimum atomic E-state index is 0.315. The summed E-state index contributed by atoms with van der Waals surface area (Å²) < 4.78 is 0. The predicted molar refractivity (Wildman–Crippen MR) is 135 cm³/mol. The summed E-state index contributed by atoms with van der Waals surface area (Å²) in [5.41, 5.74) is 4.28. The molecule has 166 valence electrons. The summed E-state index contributed by atoms with van der Waals surface area (Å²) in [6.45, 7) is 0. The van der Waals surface area contributed by atoms with E-state index >= 15 is 0 Å². The third-order valence-electron chi connectivity index (χ3n) is 4.97. The zero-order valence-corrected chi connectivity index (χ0v) is 18.5. The van der Waals surface area contributed by atoms with Crippen molar-refractivity contribution >= 4 is 40.6 Å². The first-order valence-electron chi connectivity index (χ1n) is 10.4. The summed E-state index contributed by atoms with van der Waals surface area (Å²) in [6.07, 6.45) is 0. The third kappa shape index (κ3) is 4.92. The average Bonchev–Trinajstić information content (AvgIpc) is 3.33. The Balaban J connectivity index is 1.50. The number of hydrogen-bond donors (Lipinski definition) is 3. The van der Waals surface area contributed by atoms with E-state index in [0.717, 1.165) is 22.5 Å². The molecular formula is C25H18ClN7O. The molecule has 2 heterocycles. The Kier molecular flexibility index (Phi) is 5.96. The summed E-state index contributed by atoms with van der Waals surface area (Å²) in [7, 11) is 0. The lowest BCUT2D eigenvalue weighted by molar-refractivity contribution is 1.09. The minimum Gasteiger partial charge on any atom is -0.324 e. The second kappa shape index (κ2) is 9.51. The first kappa shape index (κ1) is 21.3. The SMILES string of the molecule is O=Nc1cccc(-c2cc(Nc3cc(-c4ccccc4)[nH]n3)nc(Nc3cccc(Cl)c3)n2)c1. The quantitative estimate of drug-likeness (QED) is 0.221. The molecule has 0 unspecified atom stereocenters. The number of rotatable bonds is 7. The van der Waals surface area contributed by atoms with Gasteiger partial charge in [-0.1, -0.05) is 60.1 Å². The minimum absolute atomic E-state index is 0.315. The molecule has 0 atom stereocenters. The van der Waals surface area contributed by atoms with Gasteiger partial charge in [-0.3, -0.25) is 5.10 Å². The van der Waals surface area contributed by atoms with E-state index in [0.29, 0.717) is 34.0 Å². The van der Waals surface area contributed by atoms with E-state index in [2.05, 4.69) is 36.0 Å². The molecule has 0 aliphatic heterocycles. The van der Waals surface area contributed by atoms with Crippen LogP contribution in [0.4, 0.5) is 29.0 Å². The number of anilines is 4. The van der Waals surface area contributed by atoms with E-state index in [1.807, 2.05) is 54.6 Å². The summed E-state index contributed by atoms with van der Waals surface area (Å²) in [6, 6.07) is 27.8. The monoisotopic (exact) mass is 467 g/mol. The zero-order valence-electron chi connectivity index (χ0n) is 17.7. The average molecular weight is 468 g/mol. The van der Waals surface area contributed by atoms with Gasteiger partial charge in [-0.05, 0) is 41.1 Å². The van der Waals surface area contributed by atoms with E-state index < -0.39 is 0 Å². The highest BCUT2D eigenvalue weighted by Crippen LogP contribution is 2.28. The molecule has 0 amide bonds. The highest BCUT2D eigenvalue weighted by molar-refractivity contribution is 6.30. The van der Waals surface area contributed by atoms with Crippen molar-refractivity contribution in [2.24, 2.45) is 5.18 Å². The van der Waals surface area contributed by atoms with Gasteiger partial charge >= 0.3 is 0 Å². The number of halogens is 1. The second-order valence-corrected chi connectivity index (χ2v) is 7.83. The number of aromatic nitrogens is 4. The molecular weight excluding hydrogens is 450 g/mol. The molecule has 0 bridgehead atoms. The molecule has 8 nitrogen and oxygen atoms in total. The molecule has 3 aromatic carbocycles. The summed E-state index contributed by atoms with van der Waals surface area (Å²) in [4.78, 5) is 20.2. The van der Waals surface area contributed by atoms with Crippen LogP contribution in [0.25, 0.3) is 22.5 Å². The van der Waals surface area contributed by atoms with E-state index in [1.165, 1.54) is 0 Å². The first-order chi connectivity index (χ1) is 16.7. The van der Waals surface area contributed by atoms with Crippen LogP contribution in [0.5, 0.6) is 0 Å². The van der Waals surface area contributed by atoms with E-state index in [4.69, 9.17) is 11.6 Å². The van der Waals surface area contributed by atoms with Crippen LogP contribution in [-0.2, 0) is 0 Å². The molecule has 0 aliphatic carbocycles. The lowest BCUT2D eigenvalue weighted by atomic mass is 10.1. The predicted octanol–water partition coefficient (Wildman–Crippen LogP) is 7.07. The van der Waals surface area contributed by atoms with Gasteiger partial charge in [-0.25, -0.2) is 4.98 Å². The molecule has 0 saturated heterocycles. The number of benzene rings is 3. The van der Waals surface area contributed by atoms with Crippen molar-refractivity contribution in [3.05, 3.63) is 101 Å². The Hall–Kier alpha value is -4.56. The van der Waals surface area contributed by atoms with Crippen molar-refractivity contribution in [3.8, 4) is 22.5 Å². The van der Waals surface area contributed by atoms with Crippen molar-refractivity contribution < 1.29 is 0 Å². The van der Waals surface area contributed by atoms with Crippen LogP contribution < -0.4 is 10.6 Å². The molecule has 3 N–H and O–H groups in total. The van der Waals surface area contributed by atoms with Crippen LogP contribution in [0.2, 0.25) is 5.02 Å². The molecule has 2 aromatic heterocycles. The molecule has 9 heteroatoms. The Labute approximate surface area is 200 Å². The largest absolute Gasteiger partial charge is 0.324 e. The maximum absolute atomic E-state index is 11.0. The lowest BCUT2D eigenvalue weighted by Gasteiger charge is -2.11. The van der Waals surface area contributed by atoms with E-state index in [1.54, 1.807) is 36.4 Å². The molecule has 0 aliphatic rings. The number of nitroso groups, excluding NO2 is 1. The van der Waals surface area contributed by atoms with Gasteiger partial charge in [0, 0.05) is 28.4 Å². The number of H-pyrrole nitrogens is 1. The normalized spacial score (nSPS) is 10.6. The van der Waals surface area contributed by atoms with Crippen molar-refractivity contribution in [3.63, 3.8) is 0 Å². The van der Waals surface area contributed by atoms with Gasteiger partial charge in [0.05, 0.1) is 11.4 Å². The number of nitrogens with zero attached hydrogens (tertiary/aromatic N) is 4.